The molecular formula is C8H4F4O3. The lowest BCUT2D eigenvalue weighted by atomic mass is 10.1. The number of carboxylic acid groups (broad SMARTS) is 1. The molecule has 0 aromatic heterocycles. The van der Waals surface area contributed by atoms with E-state index in [4.69, 9.17) is 10.2 Å². The second kappa shape index (κ2) is 3.41. The van der Waals surface area contributed by atoms with Crippen LogP contribution in [0.5, 0.6) is 5.75 Å². The van der Waals surface area contributed by atoms with Gasteiger partial charge in [-0.15, -0.1) is 0 Å². The molecule has 3 nitrogen and oxygen atoms in total. The number of alkyl halides is 3. The number of hydrogen-bond donors (Lipinski definition) is 2. The maximum absolute atomic E-state index is 12.9. The number of carbonyl (C=O) groups is 1. The van der Waals surface area contributed by atoms with Crippen molar-refractivity contribution in [3.63, 3.8) is 0 Å². The molecule has 2 N–H and O–H groups in total. The van der Waals surface area contributed by atoms with Crippen molar-refractivity contribution in [2.75, 3.05) is 0 Å². The lowest BCUT2D eigenvalue weighted by molar-refractivity contribution is -0.137. The summed E-state index contributed by atoms with van der Waals surface area (Å²) in [6.07, 6.45) is -4.84. The Labute approximate surface area is 80.6 Å². The smallest absolute Gasteiger partial charge is 0.416 e. The van der Waals surface area contributed by atoms with Crippen molar-refractivity contribution in [1.29, 1.82) is 0 Å². The maximum atomic E-state index is 12.9. The number of phenols is 1. The highest BCUT2D eigenvalue weighted by Crippen LogP contribution is 2.34. The van der Waals surface area contributed by atoms with Crippen LogP contribution in [0.2, 0.25) is 0 Å². The average Bonchev–Trinajstić information content (AvgIpc) is 1.99. The molecule has 82 valence electrons. The summed E-state index contributed by atoms with van der Waals surface area (Å²) < 4.78 is 49.0. The van der Waals surface area contributed by atoms with Crippen molar-refractivity contribution in [2.45, 2.75) is 6.18 Å². The Hall–Kier alpha value is -1.79. The van der Waals surface area contributed by atoms with Crippen LogP contribution in [-0.2, 0) is 6.18 Å². The number of hydrogen-bond acceptors (Lipinski definition) is 2. The molecule has 0 bridgehead atoms. The van der Waals surface area contributed by atoms with E-state index in [-0.39, 0.29) is 12.1 Å². The van der Waals surface area contributed by atoms with Crippen LogP contribution in [0.1, 0.15) is 15.9 Å². The van der Waals surface area contributed by atoms with Crippen LogP contribution in [0.3, 0.4) is 0 Å². The Morgan fingerprint density at radius 1 is 1.27 bits per heavy atom. The summed E-state index contributed by atoms with van der Waals surface area (Å²) in [5.74, 6) is -4.72. The third-order valence-corrected chi connectivity index (χ3v) is 1.61. The molecular weight excluding hydrogens is 220 g/mol. The predicted octanol–water partition coefficient (Wildman–Crippen LogP) is 2.25. The van der Waals surface area contributed by atoms with Crippen molar-refractivity contribution in [2.24, 2.45) is 0 Å². The molecule has 0 heterocycles. The second-order valence-electron chi connectivity index (χ2n) is 2.66. The third kappa shape index (κ3) is 2.17. The van der Waals surface area contributed by atoms with E-state index in [0.717, 1.165) is 0 Å². The molecule has 0 atom stereocenters. The zero-order chi connectivity index (χ0) is 11.8. The molecule has 1 aromatic rings. The van der Waals surface area contributed by atoms with E-state index >= 15 is 0 Å². The fourth-order valence-electron chi connectivity index (χ4n) is 0.968. The summed E-state index contributed by atoms with van der Waals surface area (Å²) in [6.45, 7) is 0. The normalized spacial score (nSPS) is 11.5. The predicted molar refractivity (Wildman–Crippen MR) is 40.0 cm³/mol. The van der Waals surface area contributed by atoms with Gasteiger partial charge in [0.2, 0.25) is 0 Å². The minimum absolute atomic E-state index is 0.0170. The minimum atomic E-state index is -4.84. The van der Waals surface area contributed by atoms with Gasteiger partial charge < -0.3 is 10.2 Å². The van der Waals surface area contributed by atoms with Crippen molar-refractivity contribution >= 4 is 5.97 Å². The van der Waals surface area contributed by atoms with E-state index in [0.29, 0.717) is 0 Å². The van der Waals surface area contributed by atoms with Crippen LogP contribution in [0.15, 0.2) is 12.1 Å². The van der Waals surface area contributed by atoms with Crippen LogP contribution in [0.25, 0.3) is 0 Å². The van der Waals surface area contributed by atoms with Gasteiger partial charge in [-0.1, -0.05) is 0 Å². The van der Waals surface area contributed by atoms with E-state index in [1.54, 1.807) is 0 Å². The lowest BCUT2D eigenvalue weighted by Gasteiger charge is -2.08. The first-order valence-electron chi connectivity index (χ1n) is 3.56. The topological polar surface area (TPSA) is 57.5 Å². The highest BCUT2D eigenvalue weighted by molar-refractivity contribution is 5.91. The fraction of sp³-hybridized carbons (Fsp3) is 0.125. The summed E-state index contributed by atoms with van der Waals surface area (Å²) >= 11 is 0. The van der Waals surface area contributed by atoms with E-state index in [2.05, 4.69) is 0 Å². The molecule has 1 aromatic carbocycles. The Balaban J connectivity index is 3.39. The Morgan fingerprint density at radius 2 is 1.80 bits per heavy atom. The molecule has 0 fully saturated rings. The quantitative estimate of drug-likeness (QED) is 0.719. The van der Waals surface area contributed by atoms with Crippen LogP contribution >= 0.6 is 0 Å². The summed E-state index contributed by atoms with van der Waals surface area (Å²) in [6, 6.07) is 0.176. The molecule has 0 saturated heterocycles. The van der Waals surface area contributed by atoms with E-state index < -0.39 is 34.8 Å². The number of rotatable bonds is 1. The van der Waals surface area contributed by atoms with Gasteiger partial charge in [0.05, 0.1) is 5.56 Å². The molecule has 7 heteroatoms. The molecule has 0 aliphatic heterocycles. The SMILES string of the molecule is O=C(O)c1c(O)cc(C(F)(F)F)cc1F. The molecule has 1 rings (SSSR count). The number of carboxylic acids is 1. The van der Waals surface area contributed by atoms with E-state index in [9.17, 15) is 22.4 Å². The number of aromatic hydroxyl groups is 1. The van der Waals surface area contributed by atoms with E-state index in [1.165, 1.54) is 0 Å². The standard InChI is InChI=1S/C8H4F4O3/c9-4-1-3(8(10,11)12)2-5(13)6(4)7(14)15/h1-2,13H,(H,14,15). The highest BCUT2D eigenvalue weighted by atomic mass is 19.4. The van der Waals surface area contributed by atoms with E-state index in [1.807, 2.05) is 0 Å². The second-order valence-corrected chi connectivity index (χ2v) is 2.66. The van der Waals surface area contributed by atoms with Crippen molar-refractivity contribution < 1.29 is 32.6 Å². The Morgan fingerprint density at radius 3 is 2.13 bits per heavy atom. The van der Waals surface area contributed by atoms with Gasteiger partial charge in [-0.25, -0.2) is 9.18 Å². The van der Waals surface area contributed by atoms with Crippen LogP contribution in [-0.4, -0.2) is 16.2 Å². The zero-order valence-corrected chi connectivity index (χ0v) is 6.97. The Bertz CT molecular complexity index is 388. The first kappa shape index (κ1) is 11.3. The van der Waals surface area contributed by atoms with Gasteiger partial charge in [-0.3, -0.25) is 0 Å². The first-order chi connectivity index (χ1) is 6.73. The Kier molecular flexibility index (Phi) is 2.57. The zero-order valence-electron chi connectivity index (χ0n) is 6.97. The van der Waals surface area contributed by atoms with Gasteiger partial charge in [0.25, 0.3) is 0 Å². The minimum Gasteiger partial charge on any atom is -0.507 e. The molecule has 0 unspecified atom stereocenters. The molecule has 0 spiro atoms. The maximum Gasteiger partial charge on any atom is 0.416 e. The van der Waals surface area contributed by atoms with Gasteiger partial charge in [-0.05, 0) is 12.1 Å². The third-order valence-electron chi connectivity index (χ3n) is 1.61. The summed E-state index contributed by atoms with van der Waals surface area (Å²) in [4.78, 5) is 10.3. The van der Waals surface area contributed by atoms with Gasteiger partial charge in [0.15, 0.2) is 0 Å². The van der Waals surface area contributed by atoms with Crippen molar-refractivity contribution in [1.82, 2.24) is 0 Å². The number of benzene rings is 1. The molecule has 0 saturated carbocycles. The monoisotopic (exact) mass is 224 g/mol. The average molecular weight is 224 g/mol. The number of halogens is 4. The van der Waals surface area contributed by atoms with Gasteiger partial charge in [-0.2, -0.15) is 13.2 Å². The van der Waals surface area contributed by atoms with Crippen LogP contribution < -0.4 is 0 Å². The largest absolute Gasteiger partial charge is 0.507 e. The van der Waals surface area contributed by atoms with Crippen molar-refractivity contribution in [3.05, 3.63) is 29.1 Å². The molecule has 0 amide bonds. The number of aromatic carboxylic acids is 1. The molecule has 0 radical (unpaired) electrons. The summed E-state index contributed by atoms with van der Waals surface area (Å²) in [7, 11) is 0. The first-order valence-corrected chi connectivity index (χ1v) is 3.56. The van der Waals surface area contributed by atoms with Crippen LogP contribution in [0, 0.1) is 5.82 Å². The molecule has 0 aliphatic rings. The summed E-state index contributed by atoms with van der Waals surface area (Å²) in [5.41, 5.74) is -2.62. The van der Waals surface area contributed by atoms with Gasteiger partial charge in [0.1, 0.15) is 17.1 Å². The summed E-state index contributed by atoms with van der Waals surface area (Å²) in [5, 5.41) is 17.2. The van der Waals surface area contributed by atoms with Crippen LogP contribution in [0.4, 0.5) is 17.6 Å². The molecule has 15 heavy (non-hydrogen) atoms. The highest BCUT2D eigenvalue weighted by Gasteiger charge is 2.33. The van der Waals surface area contributed by atoms with Crippen molar-refractivity contribution in [3.8, 4) is 5.75 Å². The van der Waals surface area contributed by atoms with Gasteiger partial charge >= 0.3 is 12.1 Å². The fourth-order valence-corrected chi connectivity index (χ4v) is 0.968. The molecule has 0 aliphatic carbocycles. The lowest BCUT2D eigenvalue weighted by Crippen LogP contribution is -2.08. The van der Waals surface area contributed by atoms with Gasteiger partial charge in [0, 0.05) is 0 Å².